The summed E-state index contributed by atoms with van der Waals surface area (Å²) in [6, 6.07) is 0. The van der Waals surface area contributed by atoms with Crippen molar-refractivity contribution in [3.63, 3.8) is 0 Å². The number of nitrogens with zero attached hydrogens (tertiary/aromatic N) is 4. The number of carbonyl (C=O) groups is 4. The molecule has 0 fully saturated rings. The largest absolute Gasteiger partial charge is 0.379 e. The maximum Gasteiger partial charge on any atom is 0.223 e. The van der Waals surface area contributed by atoms with Crippen molar-refractivity contribution in [3.8, 4) is 0 Å². The molecule has 0 aliphatic heterocycles. The molecule has 0 atom stereocenters. The van der Waals surface area contributed by atoms with E-state index in [1.165, 1.54) is 6.42 Å². The summed E-state index contributed by atoms with van der Waals surface area (Å²) in [6.45, 7) is 28.9. The van der Waals surface area contributed by atoms with Gasteiger partial charge >= 0.3 is 0 Å². The van der Waals surface area contributed by atoms with E-state index in [0.717, 1.165) is 215 Å². The molecular formula is C68H132N4O12S8. The van der Waals surface area contributed by atoms with E-state index >= 15 is 0 Å². The number of ether oxygens (including phenoxy) is 8. The highest BCUT2D eigenvalue weighted by Crippen LogP contribution is 2.16. The smallest absolute Gasteiger partial charge is 0.223 e. The molecule has 16 nitrogen and oxygen atoms in total. The van der Waals surface area contributed by atoms with Gasteiger partial charge in [-0.05, 0) is 99.2 Å². The monoisotopic (exact) mass is 1450 g/mol. The van der Waals surface area contributed by atoms with E-state index < -0.39 is 0 Å². The van der Waals surface area contributed by atoms with Gasteiger partial charge in [0.15, 0.2) is 0 Å². The van der Waals surface area contributed by atoms with Gasteiger partial charge in [-0.3, -0.25) is 19.2 Å². The molecule has 4 amide bonds. The molecule has 0 rings (SSSR count). The highest BCUT2D eigenvalue weighted by Gasteiger charge is 2.16. The lowest BCUT2D eigenvalue weighted by molar-refractivity contribution is -0.131. The number of thioether (sulfide) groups is 8. The van der Waals surface area contributed by atoms with Crippen LogP contribution in [0, 0.1) is 0 Å². The third-order valence-corrected chi connectivity index (χ3v) is 22.1. The van der Waals surface area contributed by atoms with Gasteiger partial charge in [-0.1, -0.05) is 59.4 Å². The van der Waals surface area contributed by atoms with Crippen LogP contribution in [0.4, 0.5) is 0 Å². The van der Waals surface area contributed by atoms with Crippen molar-refractivity contribution in [3.05, 3.63) is 12.7 Å². The van der Waals surface area contributed by atoms with Gasteiger partial charge in [-0.25, -0.2) is 0 Å². The summed E-state index contributed by atoms with van der Waals surface area (Å²) in [5.74, 6) is 16.1. The van der Waals surface area contributed by atoms with Crippen molar-refractivity contribution in [1.29, 1.82) is 0 Å². The van der Waals surface area contributed by atoms with Crippen LogP contribution in [0.2, 0.25) is 0 Å². The first-order chi connectivity index (χ1) is 45.8. The van der Waals surface area contributed by atoms with Gasteiger partial charge in [0.2, 0.25) is 23.6 Å². The highest BCUT2D eigenvalue weighted by atomic mass is 32.2. The van der Waals surface area contributed by atoms with Crippen molar-refractivity contribution in [2.24, 2.45) is 0 Å². The van der Waals surface area contributed by atoms with Crippen molar-refractivity contribution >= 4 is 118 Å². The number of unbranched alkanes of at least 4 members (excludes halogenated alkanes) is 5. The molecule has 92 heavy (non-hydrogen) atoms. The minimum Gasteiger partial charge on any atom is -0.379 e. The first kappa shape index (κ1) is 90.1. The van der Waals surface area contributed by atoms with Gasteiger partial charge in [0.25, 0.3) is 0 Å². The van der Waals surface area contributed by atoms with Crippen molar-refractivity contribution in [2.45, 2.75) is 144 Å². The molecule has 0 unspecified atom stereocenters. The Labute approximate surface area is 597 Å². The summed E-state index contributed by atoms with van der Waals surface area (Å²) in [7, 11) is 0. The Hall–Kier alpha value is 0.1000. The molecule has 0 bridgehead atoms. The second-order valence-electron chi connectivity index (χ2n) is 21.7. The van der Waals surface area contributed by atoms with E-state index in [1.54, 1.807) is 41.4 Å². The Bertz CT molecular complexity index is 1640. The molecule has 24 heteroatoms. The average molecular weight is 1460 g/mol. The third-order valence-electron chi connectivity index (χ3n) is 13.9. The fourth-order valence-corrected chi connectivity index (χ4v) is 15.1. The second-order valence-corrected chi connectivity index (χ2v) is 31.5. The van der Waals surface area contributed by atoms with Gasteiger partial charge in [-0.15, -0.1) is 6.58 Å². The van der Waals surface area contributed by atoms with Crippen molar-refractivity contribution < 1.29 is 58.4 Å². The summed E-state index contributed by atoms with van der Waals surface area (Å²) < 4.78 is 52.7. The number of carbonyl (C=O) groups excluding carboxylic acids is 4. The minimum atomic E-state index is 0.158. The van der Waals surface area contributed by atoms with Crippen LogP contribution >= 0.6 is 94.1 Å². The summed E-state index contributed by atoms with van der Waals surface area (Å²) >= 11 is 14.8. The molecule has 0 aliphatic carbocycles. The first-order valence-electron chi connectivity index (χ1n) is 35.7. The minimum absolute atomic E-state index is 0.158. The molecule has 0 heterocycles. The van der Waals surface area contributed by atoms with Crippen LogP contribution in [0.3, 0.4) is 0 Å². The Kier molecular flexibility index (Phi) is 75.3. The van der Waals surface area contributed by atoms with Crippen LogP contribution < -0.4 is 0 Å². The fraction of sp³-hybridized carbons (Fsp3) is 0.912. The maximum absolute atomic E-state index is 13.1. The van der Waals surface area contributed by atoms with Crippen molar-refractivity contribution in [1.82, 2.24) is 19.6 Å². The third kappa shape index (κ3) is 64.8. The van der Waals surface area contributed by atoms with Crippen LogP contribution in [0.25, 0.3) is 0 Å². The van der Waals surface area contributed by atoms with Gasteiger partial charge < -0.3 is 57.5 Å². The SMILES string of the molecule is [2H]CCCCSCCOCCOCCSCCC(=O)N(CCCC)CCCSCCOCCOCCSCCC(=O)N(CCCC)CCCSCCOCCOCCSCCC(=O)N(CCCC)CCCSCCCCSCCC(=O)N(CC=C)CCOCCOCC. The zero-order valence-electron chi connectivity index (χ0n) is 59.3. The van der Waals surface area contributed by atoms with Crippen LogP contribution in [0.5, 0.6) is 0 Å². The van der Waals surface area contributed by atoms with Crippen LogP contribution in [0.15, 0.2) is 12.7 Å². The number of hydrogen-bond donors (Lipinski definition) is 0. The van der Waals surface area contributed by atoms with Gasteiger partial charge in [0.05, 0.1) is 99.1 Å². The molecular weight excluding hydrogens is 1320 g/mol. The maximum atomic E-state index is 13.1. The van der Waals surface area contributed by atoms with E-state index in [-0.39, 0.29) is 23.6 Å². The molecule has 544 valence electrons. The van der Waals surface area contributed by atoms with Crippen LogP contribution in [-0.2, 0) is 57.1 Å². The topological polar surface area (TPSA) is 155 Å². The van der Waals surface area contributed by atoms with Crippen LogP contribution in [0.1, 0.15) is 145 Å². The Morgan fingerprint density at radius 2 is 0.576 bits per heavy atom. The molecule has 0 aromatic carbocycles. The zero-order chi connectivity index (χ0) is 67.7. The molecule has 0 N–H and O–H groups in total. The molecule has 0 saturated heterocycles. The predicted octanol–water partition coefficient (Wildman–Crippen LogP) is 13.2. The molecule has 0 saturated carbocycles. The normalized spacial score (nSPS) is 11.6. The standard InChI is InChI=1S/C68H132N4O12S8/c1-7-13-27-70(30-19-52-85-50-17-18-51-86-55-22-65(73)69(26-11-5)33-34-78-36-35-77-12-6)66(74)23-56-90-63-47-83-41-38-80-44-60-88-54-21-32-72(29-15-9-3)68(76)25-58-92-64-48-84-42-39-81-45-61-89-53-20-31-71(28-14-8-2)67(75)24-57-91-62-46-82-40-37-79-43-59-87-49-16-10-4/h11H,5,7-10,12-64H2,1-4,6H3/i4D. The lowest BCUT2D eigenvalue weighted by Crippen LogP contribution is -2.34. The number of amides is 4. The Morgan fingerprint density at radius 3 is 0.902 bits per heavy atom. The fourth-order valence-electron chi connectivity index (χ4n) is 8.59. The number of hydrogen-bond acceptors (Lipinski definition) is 20. The highest BCUT2D eigenvalue weighted by molar-refractivity contribution is 8.00. The summed E-state index contributed by atoms with van der Waals surface area (Å²) in [4.78, 5) is 60.0. The molecule has 0 aromatic heterocycles. The Morgan fingerprint density at radius 1 is 0.304 bits per heavy atom. The van der Waals surface area contributed by atoms with E-state index in [2.05, 4.69) is 42.0 Å². The predicted molar refractivity (Wildman–Crippen MR) is 409 cm³/mol. The first-order valence-corrected chi connectivity index (χ1v) is 44.3. The Balaban J connectivity index is 3.89. The van der Waals surface area contributed by atoms with Crippen molar-refractivity contribution in [2.75, 3.05) is 250 Å². The van der Waals surface area contributed by atoms with Gasteiger partial charge in [0, 0.05) is 144 Å². The zero-order valence-corrected chi connectivity index (χ0v) is 64.8. The van der Waals surface area contributed by atoms with E-state index in [0.29, 0.717) is 145 Å². The summed E-state index contributed by atoms with van der Waals surface area (Å²) in [6.07, 6.45) is 17.8. The molecule has 0 spiro atoms. The van der Waals surface area contributed by atoms with E-state index in [4.69, 9.17) is 39.3 Å². The quantitative estimate of drug-likeness (QED) is 0.0418. The average Bonchev–Trinajstić information content (AvgIpc) is 3.61. The summed E-state index contributed by atoms with van der Waals surface area (Å²) in [5.41, 5.74) is 0. The molecule has 0 aliphatic rings. The molecule has 0 radical (unpaired) electrons. The van der Waals surface area contributed by atoms with Gasteiger partial charge in [-0.2, -0.15) is 94.1 Å². The van der Waals surface area contributed by atoms with Crippen LogP contribution in [-0.4, -0.2) is 293 Å². The number of rotatable bonds is 77. The summed E-state index contributed by atoms with van der Waals surface area (Å²) in [5, 5.41) is 0. The molecule has 0 aromatic rings. The lowest BCUT2D eigenvalue weighted by atomic mass is 10.2. The lowest BCUT2D eigenvalue weighted by Gasteiger charge is -2.22. The van der Waals surface area contributed by atoms with Gasteiger partial charge in [0.1, 0.15) is 0 Å². The van der Waals surface area contributed by atoms with E-state index in [9.17, 15) is 19.2 Å². The second kappa shape index (κ2) is 76.8. The van der Waals surface area contributed by atoms with E-state index in [1.807, 2.05) is 70.6 Å².